The van der Waals surface area contributed by atoms with Gasteiger partial charge in [0.2, 0.25) is 0 Å². The van der Waals surface area contributed by atoms with Gasteiger partial charge in [-0.15, -0.1) is 11.3 Å². The van der Waals surface area contributed by atoms with E-state index in [1.54, 1.807) is 17.5 Å². The van der Waals surface area contributed by atoms with Crippen LogP contribution in [0.15, 0.2) is 17.5 Å². The lowest BCUT2D eigenvalue weighted by atomic mass is 9.99. The first-order chi connectivity index (χ1) is 6.53. The Morgan fingerprint density at radius 2 is 2.14 bits per heavy atom. The molecule has 0 fully saturated rings. The summed E-state index contributed by atoms with van der Waals surface area (Å²) in [4.78, 5) is 0.771. The first kappa shape index (κ1) is 11.5. The summed E-state index contributed by atoms with van der Waals surface area (Å²) in [6, 6.07) is 3.50. The van der Waals surface area contributed by atoms with Gasteiger partial charge in [0, 0.05) is 10.8 Å². The maximum atomic E-state index is 12.2. The molecule has 0 saturated carbocycles. The van der Waals surface area contributed by atoms with Crippen molar-refractivity contribution in [2.45, 2.75) is 24.9 Å². The number of alkyl halides is 3. The van der Waals surface area contributed by atoms with Crippen molar-refractivity contribution in [3.05, 3.63) is 22.4 Å². The third-order valence-corrected chi connectivity index (χ3v) is 2.97. The Morgan fingerprint density at radius 1 is 1.43 bits per heavy atom. The molecule has 0 bridgehead atoms. The molecule has 14 heavy (non-hydrogen) atoms. The van der Waals surface area contributed by atoms with Crippen molar-refractivity contribution in [3.63, 3.8) is 0 Å². The highest BCUT2D eigenvalue weighted by Crippen LogP contribution is 2.34. The molecule has 1 heterocycles. The summed E-state index contributed by atoms with van der Waals surface area (Å²) in [5, 5.41) is 1.79. The highest BCUT2D eigenvalue weighted by molar-refractivity contribution is 7.10. The minimum Gasteiger partial charge on any atom is -0.330 e. The van der Waals surface area contributed by atoms with Gasteiger partial charge < -0.3 is 5.73 Å². The molecule has 1 rings (SSSR count). The molecule has 0 aliphatic rings. The Morgan fingerprint density at radius 3 is 2.57 bits per heavy atom. The molecular formula is C9H12F3NS. The summed E-state index contributed by atoms with van der Waals surface area (Å²) in [5.74, 6) is -0.472. The molecule has 0 aromatic carbocycles. The Kier molecular flexibility index (Phi) is 3.95. The number of hydrogen-bond acceptors (Lipinski definition) is 2. The van der Waals surface area contributed by atoms with Gasteiger partial charge in [0.25, 0.3) is 0 Å². The van der Waals surface area contributed by atoms with Crippen LogP contribution in [0.4, 0.5) is 13.2 Å². The summed E-state index contributed by atoms with van der Waals surface area (Å²) in [5.41, 5.74) is 5.29. The molecule has 80 valence electrons. The van der Waals surface area contributed by atoms with E-state index in [0.717, 1.165) is 4.88 Å². The molecule has 0 amide bonds. The molecule has 1 nitrogen and oxygen atoms in total. The van der Waals surface area contributed by atoms with E-state index in [9.17, 15) is 13.2 Å². The van der Waals surface area contributed by atoms with Crippen LogP contribution in [0.5, 0.6) is 0 Å². The monoisotopic (exact) mass is 223 g/mol. The van der Waals surface area contributed by atoms with Crippen LogP contribution in [0.2, 0.25) is 0 Å². The number of nitrogens with two attached hydrogens (primary N) is 1. The summed E-state index contributed by atoms with van der Waals surface area (Å²) in [7, 11) is 0. The molecule has 1 atom stereocenters. The van der Waals surface area contributed by atoms with Crippen molar-refractivity contribution >= 4 is 11.3 Å². The average molecular weight is 223 g/mol. The normalized spacial score (nSPS) is 14.3. The molecule has 0 radical (unpaired) electrons. The quantitative estimate of drug-likeness (QED) is 0.833. The van der Waals surface area contributed by atoms with Crippen molar-refractivity contribution in [2.24, 2.45) is 5.73 Å². The van der Waals surface area contributed by atoms with Crippen LogP contribution in [-0.2, 0) is 0 Å². The Labute approximate surface area is 84.7 Å². The third kappa shape index (κ3) is 3.67. The topological polar surface area (TPSA) is 26.0 Å². The van der Waals surface area contributed by atoms with E-state index in [0.29, 0.717) is 13.0 Å². The van der Waals surface area contributed by atoms with Crippen LogP contribution in [0.1, 0.15) is 23.6 Å². The van der Waals surface area contributed by atoms with Crippen LogP contribution >= 0.6 is 11.3 Å². The van der Waals surface area contributed by atoms with Gasteiger partial charge in [-0.1, -0.05) is 6.07 Å². The summed E-state index contributed by atoms with van der Waals surface area (Å²) in [6.45, 7) is 0.290. The van der Waals surface area contributed by atoms with Gasteiger partial charge in [0.05, 0.1) is 6.42 Å². The third-order valence-electron chi connectivity index (χ3n) is 1.94. The van der Waals surface area contributed by atoms with Gasteiger partial charge in [0.15, 0.2) is 0 Å². The predicted molar refractivity (Wildman–Crippen MR) is 51.4 cm³/mol. The SMILES string of the molecule is NCCC(CC(F)(F)F)c1cccs1. The standard InChI is InChI=1S/C9H12F3NS/c10-9(11,12)6-7(3-4-13)8-2-1-5-14-8/h1-2,5,7H,3-4,6,13H2. The Bertz CT molecular complexity index is 256. The van der Waals surface area contributed by atoms with E-state index in [-0.39, 0.29) is 0 Å². The lowest BCUT2D eigenvalue weighted by Crippen LogP contribution is -2.16. The molecule has 1 unspecified atom stereocenters. The molecule has 1 aromatic rings. The van der Waals surface area contributed by atoms with Gasteiger partial charge >= 0.3 is 6.18 Å². The fraction of sp³-hybridized carbons (Fsp3) is 0.556. The second kappa shape index (κ2) is 4.79. The van der Waals surface area contributed by atoms with Gasteiger partial charge in [-0.05, 0) is 24.4 Å². The first-order valence-corrected chi connectivity index (χ1v) is 5.21. The minimum atomic E-state index is -4.11. The Balaban J connectivity index is 2.65. The summed E-state index contributed by atoms with van der Waals surface area (Å²) >= 11 is 1.36. The van der Waals surface area contributed by atoms with Crippen LogP contribution in [-0.4, -0.2) is 12.7 Å². The molecular weight excluding hydrogens is 211 g/mol. The first-order valence-electron chi connectivity index (χ1n) is 4.33. The number of rotatable bonds is 4. The molecule has 0 aliphatic heterocycles. The van der Waals surface area contributed by atoms with Crippen LogP contribution in [0.3, 0.4) is 0 Å². The van der Waals surface area contributed by atoms with Crippen molar-refractivity contribution < 1.29 is 13.2 Å². The fourth-order valence-corrected chi connectivity index (χ4v) is 2.21. The van der Waals surface area contributed by atoms with Gasteiger partial charge in [-0.25, -0.2) is 0 Å². The maximum absolute atomic E-state index is 12.2. The highest BCUT2D eigenvalue weighted by atomic mass is 32.1. The van der Waals surface area contributed by atoms with Gasteiger partial charge in [0.1, 0.15) is 0 Å². The minimum absolute atomic E-state index is 0.290. The zero-order valence-electron chi connectivity index (χ0n) is 7.55. The number of thiophene rings is 1. The van der Waals surface area contributed by atoms with E-state index >= 15 is 0 Å². The van der Waals surface area contributed by atoms with Crippen molar-refractivity contribution in [1.82, 2.24) is 0 Å². The van der Waals surface area contributed by atoms with Crippen molar-refractivity contribution in [3.8, 4) is 0 Å². The second-order valence-electron chi connectivity index (χ2n) is 3.11. The molecule has 0 saturated heterocycles. The molecule has 2 N–H and O–H groups in total. The molecule has 1 aromatic heterocycles. The van der Waals surface area contributed by atoms with E-state index < -0.39 is 18.5 Å². The van der Waals surface area contributed by atoms with Gasteiger partial charge in [-0.3, -0.25) is 0 Å². The molecule has 0 spiro atoms. The molecule has 5 heteroatoms. The average Bonchev–Trinajstić information content (AvgIpc) is 2.52. The van der Waals surface area contributed by atoms with Crippen molar-refractivity contribution in [2.75, 3.05) is 6.54 Å². The van der Waals surface area contributed by atoms with Crippen LogP contribution in [0, 0.1) is 0 Å². The Hall–Kier alpha value is -0.550. The van der Waals surface area contributed by atoms with Crippen LogP contribution < -0.4 is 5.73 Å². The summed E-state index contributed by atoms with van der Waals surface area (Å²) < 4.78 is 36.6. The van der Waals surface area contributed by atoms with E-state index in [1.165, 1.54) is 11.3 Å². The zero-order valence-corrected chi connectivity index (χ0v) is 8.37. The fourth-order valence-electron chi connectivity index (χ4n) is 1.35. The van der Waals surface area contributed by atoms with E-state index in [2.05, 4.69) is 0 Å². The highest BCUT2D eigenvalue weighted by Gasteiger charge is 2.32. The maximum Gasteiger partial charge on any atom is 0.389 e. The smallest absolute Gasteiger partial charge is 0.330 e. The van der Waals surface area contributed by atoms with E-state index in [1.807, 2.05) is 0 Å². The molecule has 0 aliphatic carbocycles. The largest absolute Gasteiger partial charge is 0.389 e. The predicted octanol–water partition coefficient (Wildman–Crippen LogP) is 3.13. The number of halogens is 3. The number of hydrogen-bond donors (Lipinski definition) is 1. The van der Waals surface area contributed by atoms with Gasteiger partial charge in [-0.2, -0.15) is 13.2 Å². The zero-order chi connectivity index (χ0) is 10.6. The summed E-state index contributed by atoms with van der Waals surface area (Å²) in [6.07, 6.45) is -4.49. The lowest BCUT2D eigenvalue weighted by molar-refractivity contribution is -0.138. The van der Waals surface area contributed by atoms with Crippen LogP contribution in [0.25, 0.3) is 0 Å². The van der Waals surface area contributed by atoms with E-state index in [4.69, 9.17) is 5.73 Å². The van der Waals surface area contributed by atoms with Crippen molar-refractivity contribution in [1.29, 1.82) is 0 Å². The second-order valence-corrected chi connectivity index (χ2v) is 4.09. The lowest BCUT2D eigenvalue weighted by Gasteiger charge is -2.16.